The van der Waals surface area contributed by atoms with E-state index in [1.807, 2.05) is 17.8 Å². The molecule has 1 atom stereocenters. The van der Waals surface area contributed by atoms with Gasteiger partial charge in [0.2, 0.25) is 0 Å². The third kappa shape index (κ3) is 3.42. The summed E-state index contributed by atoms with van der Waals surface area (Å²) in [5.41, 5.74) is 2.01. The van der Waals surface area contributed by atoms with Gasteiger partial charge in [0.25, 0.3) is 0 Å². The third-order valence-corrected chi connectivity index (χ3v) is 5.07. The Kier molecular flexibility index (Phi) is 4.05. The first-order valence-corrected chi connectivity index (χ1v) is 7.61. The summed E-state index contributed by atoms with van der Waals surface area (Å²) in [5.74, 6) is 1.88. The van der Waals surface area contributed by atoms with Gasteiger partial charge in [-0.1, -0.05) is 13.8 Å². The van der Waals surface area contributed by atoms with Crippen molar-refractivity contribution >= 4 is 17.4 Å². The lowest BCUT2D eigenvalue weighted by atomic mass is 9.87. The van der Waals surface area contributed by atoms with Crippen LogP contribution in [0, 0.1) is 29.5 Å². The van der Waals surface area contributed by atoms with Crippen molar-refractivity contribution in [1.29, 1.82) is 5.26 Å². The number of rotatable bonds is 2. The first kappa shape index (κ1) is 14.2. The van der Waals surface area contributed by atoms with E-state index in [9.17, 15) is 4.39 Å². The molecule has 1 heterocycles. The number of nitrogens with zero attached hydrogens (tertiary/aromatic N) is 1. The van der Waals surface area contributed by atoms with Crippen LogP contribution in [0.3, 0.4) is 0 Å². The van der Waals surface area contributed by atoms with Crippen LogP contribution in [0.1, 0.15) is 31.4 Å². The van der Waals surface area contributed by atoms with Gasteiger partial charge in [0.15, 0.2) is 0 Å². The molecule has 0 aromatic heterocycles. The molecule has 2 rings (SSSR count). The number of anilines is 1. The highest BCUT2D eigenvalue weighted by molar-refractivity contribution is 7.99. The summed E-state index contributed by atoms with van der Waals surface area (Å²) in [4.78, 5) is 0. The van der Waals surface area contributed by atoms with Crippen molar-refractivity contribution in [3.63, 3.8) is 0 Å². The lowest BCUT2D eigenvalue weighted by Crippen LogP contribution is -2.35. The van der Waals surface area contributed by atoms with Gasteiger partial charge in [0.05, 0.1) is 11.6 Å². The van der Waals surface area contributed by atoms with Gasteiger partial charge in [-0.3, -0.25) is 0 Å². The van der Waals surface area contributed by atoms with E-state index in [0.29, 0.717) is 22.6 Å². The maximum Gasteiger partial charge on any atom is 0.129 e. The van der Waals surface area contributed by atoms with E-state index in [4.69, 9.17) is 5.26 Å². The molecule has 0 bridgehead atoms. The quantitative estimate of drug-likeness (QED) is 0.889. The number of nitrogens with one attached hydrogen (secondary N) is 1. The summed E-state index contributed by atoms with van der Waals surface area (Å²) in [6.07, 6.45) is 1.07. The minimum absolute atomic E-state index is 0.305. The Hall–Kier alpha value is -1.21. The summed E-state index contributed by atoms with van der Waals surface area (Å²) in [6, 6.07) is 5.37. The molecule has 4 heteroatoms. The molecule has 1 aromatic rings. The standard InChI is InChI=1S/C15H19FN2S/c1-10-13(16)4-11(7-17)5-14(10)18-12-6-15(2,3)9-19-8-12/h4-5,12,18H,6,8-9H2,1-3H3. The van der Waals surface area contributed by atoms with Gasteiger partial charge in [-0.15, -0.1) is 0 Å². The van der Waals surface area contributed by atoms with Crippen LogP contribution in [-0.2, 0) is 0 Å². The van der Waals surface area contributed by atoms with Crippen molar-refractivity contribution < 1.29 is 4.39 Å². The Morgan fingerprint density at radius 3 is 2.84 bits per heavy atom. The molecule has 0 radical (unpaired) electrons. The third-order valence-electron chi connectivity index (χ3n) is 3.44. The molecule has 0 spiro atoms. The molecule has 1 aliphatic rings. The van der Waals surface area contributed by atoms with E-state index in [1.54, 1.807) is 13.0 Å². The summed E-state index contributed by atoms with van der Waals surface area (Å²) in [7, 11) is 0. The first-order valence-electron chi connectivity index (χ1n) is 6.46. The number of hydrogen-bond donors (Lipinski definition) is 1. The fourth-order valence-electron chi connectivity index (χ4n) is 2.47. The Morgan fingerprint density at radius 1 is 1.47 bits per heavy atom. The predicted molar refractivity (Wildman–Crippen MR) is 79.0 cm³/mol. The summed E-state index contributed by atoms with van der Waals surface area (Å²) < 4.78 is 13.7. The van der Waals surface area contributed by atoms with Gasteiger partial charge in [-0.2, -0.15) is 17.0 Å². The molecule has 1 unspecified atom stereocenters. The zero-order valence-electron chi connectivity index (χ0n) is 11.6. The summed E-state index contributed by atoms with van der Waals surface area (Å²) >= 11 is 1.93. The average molecular weight is 278 g/mol. The molecule has 1 fully saturated rings. The van der Waals surface area contributed by atoms with Crippen LogP contribution in [0.15, 0.2) is 12.1 Å². The minimum Gasteiger partial charge on any atom is -0.381 e. The maximum atomic E-state index is 13.7. The van der Waals surface area contributed by atoms with Crippen molar-refractivity contribution in [2.45, 2.75) is 33.2 Å². The second-order valence-electron chi connectivity index (χ2n) is 5.97. The van der Waals surface area contributed by atoms with E-state index in [1.165, 1.54) is 6.07 Å². The van der Waals surface area contributed by atoms with Crippen LogP contribution in [-0.4, -0.2) is 17.5 Å². The van der Waals surface area contributed by atoms with Crippen molar-refractivity contribution in [2.24, 2.45) is 5.41 Å². The van der Waals surface area contributed by atoms with Gasteiger partial charge in [-0.25, -0.2) is 4.39 Å². The van der Waals surface area contributed by atoms with Crippen LogP contribution in [0.25, 0.3) is 0 Å². The Morgan fingerprint density at radius 2 is 2.21 bits per heavy atom. The molecule has 1 aromatic carbocycles. The number of benzene rings is 1. The van der Waals surface area contributed by atoms with Gasteiger partial charge in [0.1, 0.15) is 5.82 Å². The van der Waals surface area contributed by atoms with Crippen LogP contribution < -0.4 is 5.32 Å². The van der Waals surface area contributed by atoms with Crippen LogP contribution in [0.5, 0.6) is 0 Å². The monoisotopic (exact) mass is 278 g/mol. The molecule has 0 amide bonds. The highest BCUT2D eigenvalue weighted by Gasteiger charge is 2.28. The predicted octanol–water partition coefficient (Wildman–Crippen LogP) is 3.95. The van der Waals surface area contributed by atoms with Gasteiger partial charge >= 0.3 is 0 Å². The van der Waals surface area contributed by atoms with Crippen LogP contribution in [0.4, 0.5) is 10.1 Å². The summed E-state index contributed by atoms with van der Waals surface area (Å²) in [5, 5.41) is 12.3. The molecule has 1 saturated heterocycles. The maximum absolute atomic E-state index is 13.7. The molecule has 1 N–H and O–H groups in total. The van der Waals surface area contributed by atoms with E-state index >= 15 is 0 Å². The highest BCUT2D eigenvalue weighted by Crippen LogP contribution is 2.35. The number of halogens is 1. The molecule has 0 saturated carbocycles. The lowest BCUT2D eigenvalue weighted by Gasteiger charge is -2.35. The molecular formula is C15H19FN2S. The van der Waals surface area contributed by atoms with Crippen molar-refractivity contribution in [1.82, 2.24) is 0 Å². The van der Waals surface area contributed by atoms with E-state index < -0.39 is 0 Å². The topological polar surface area (TPSA) is 35.8 Å². The molecular weight excluding hydrogens is 259 g/mol. The molecule has 19 heavy (non-hydrogen) atoms. The molecule has 2 nitrogen and oxygen atoms in total. The first-order chi connectivity index (χ1) is 8.91. The smallest absolute Gasteiger partial charge is 0.129 e. The number of hydrogen-bond acceptors (Lipinski definition) is 3. The largest absolute Gasteiger partial charge is 0.381 e. The SMILES string of the molecule is Cc1c(F)cc(C#N)cc1NC1CSCC(C)(C)C1. The van der Waals surface area contributed by atoms with Gasteiger partial charge < -0.3 is 5.32 Å². The second kappa shape index (κ2) is 5.42. The minimum atomic E-state index is -0.315. The van der Waals surface area contributed by atoms with Gasteiger partial charge in [-0.05, 0) is 36.6 Å². The fourth-order valence-corrected chi connectivity index (χ4v) is 3.74. The summed E-state index contributed by atoms with van der Waals surface area (Å²) in [6.45, 7) is 6.26. The number of nitriles is 1. The highest BCUT2D eigenvalue weighted by atomic mass is 32.2. The lowest BCUT2D eigenvalue weighted by molar-refractivity contribution is 0.358. The van der Waals surface area contributed by atoms with E-state index in [0.717, 1.165) is 23.6 Å². The van der Waals surface area contributed by atoms with Crippen LogP contribution >= 0.6 is 11.8 Å². The molecule has 102 valence electrons. The van der Waals surface area contributed by atoms with Gasteiger partial charge in [0, 0.05) is 23.0 Å². The number of thioether (sulfide) groups is 1. The normalized spacial score (nSPS) is 21.7. The zero-order valence-corrected chi connectivity index (χ0v) is 12.4. The van der Waals surface area contributed by atoms with Crippen molar-refractivity contribution in [2.75, 3.05) is 16.8 Å². The fraction of sp³-hybridized carbons (Fsp3) is 0.533. The zero-order chi connectivity index (χ0) is 14.0. The van der Waals surface area contributed by atoms with E-state index in [2.05, 4.69) is 19.2 Å². The second-order valence-corrected chi connectivity index (χ2v) is 7.00. The Balaban J connectivity index is 2.19. The van der Waals surface area contributed by atoms with E-state index in [-0.39, 0.29) is 5.82 Å². The Bertz CT molecular complexity index is 520. The van der Waals surface area contributed by atoms with Crippen LogP contribution in [0.2, 0.25) is 0 Å². The molecule has 1 aliphatic heterocycles. The van der Waals surface area contributed by atoms with Crippen molar-refractivity contribution in [3.05, 3.63) is 29.1 Å². The Labute approximate surface area is 118 Å². The molecule has 0 aliphatic carbocycles. The van der Waals surface area contributed by atoms with Crippen molar-refractivity contribution in [3.8, 4) is 6.07 Å². The average Bonchev–Trinajstić information content (AvgIpc) is 2.33.